The molecule has 7 heteroatoms. The monoisotopic (exact) mass is 459 g/mol. The van der Waals surface area contributed by atoms with E-state index in [9.17, 15) is 9.59 Å². The molecule has 2 atom stereocenters. The summed E-state index contributed by atoms with van der Waals surface area (Å²) in [4.78, 5) is 38.3. The smallest absolute Gasteiger partial charge is 0.238 e. The molecule has 2 aliphatic rings. The SMILES string of the molecule is Cc1nc2ccc(NC(=O)CN3CC[C@@]4(C)[C@@H]3CCCCC(=O)N4Cc3ccccc3)cc2[nH]1. The molecule has 0 spiro atoms. The van der Waals surface area contributed by atoms with Crippen molar-refractivity contribution >= 4 is 28.5 Å². The predicted molar refractivity (Wildman–Crippen MR) is 133 cm³/mol. The molecule has 0 bridgehead atoms. The number of aryl methyl sites for hydroxylation is 1. The summed E-state index contributed by atoms with van der Waals surface area (Å²) in [5.74, 6) is 1.06. The van der Waals surface area contributed by atoms with E-state index in [2.05, 4.69) is 44.1 Å². The van der Waals surface area contributed by atoms with E-state index in [1.807, 2.05) is 43.3 Å². The number of imidazole rings is 1. The third-order valence-corrected chi connectivity index (χ3v) is 7.51. The summed E-state index contributed by atoms with van der Waals surface area (Å²) in [6.07, 6.45) is 4.40. The molecule has 2 aliphatic heterocycles. The second-order valence-corrected chi connectivity index (χ2v) is 9.91. The van der Waals surface area contributed by atoms with E-state index < -0.39 is 0 Å². The number of carbonyl (C=O) groups is 2. The lowest BCUT2D eigenvalue weighted by Gasteiger charge is -2.46. The number of likely N-dealkylation sites (tertiary alicyclic amines) is 2. The van der Waals surface area contributed by atoms with Crippen molar-refractivity contribution in [3.8, 4) is 0 Å². The number of fused-ring (bicyclic) bond motifs is 2. The zero-order chi connectivity index (χ0) is 23.7. The Hall–Kier alpha value is -3.19. The van der Waals surface area contributed by atoms with Crippen LogP contribution in [0.15, 0.2) is 48.5 Å². The molecule has 3 aromatic rings. The molecule has 5 rings (SSSR count). The topological polar surface area (TPSA) is 81.3 Å². The van der Waals surface area contributed by atoms with Crippen LogP contribution in [0.1, 0.15) is 50.4 Å². The molecular weight excluding hydrogens is 426 g/mol. The zero-order valence-corrected chi connectivity index (χ0v) is 20.0. The highest BCUT2D eigenvalue weighted by Crippen LogP contribution is 2.39. The minimum atomic E-state index is -0.278. The van der Waals surface area contributed by atoms with Gasteiger partial charge in [0.1, 0.15) is 5.82 Å². The fraction of sp³-hybridized carbons (Fsp3) is 0.444. The van der Waals surface area contributed by atoms with E-state index in [1.54, 1.807) is 0 Å². The lowest BCUT2D eigenvalue weighted by Crippen LogP contribution is -2.57. The fourth-order valence-electron chi connectivity index (χ4n) is 5.75. The van der Waals surface area contributed by atoms with E-state index in [1.165, 1.54) is 0 Å². The summed E-state index contributed by atoms with van der Waals surface area (Å²) < 4.78 is 0. The van der Waals surface area contributed by atoms with Gasteiger partial charge in [-0.1, -0.05) is 36.8 Å². The van der Waals surface area contributed by atoms with Gasteiger partial charge < -0.3 is 15.2 Å². The molecule has 2 amide bonds. The number of aromatic amines is 1. The quantitative estimate of drug-likeness (QED) is 0.598. The first kappa shape index (κ1) is 22.6. The van der Waals surface area contributed by atoms with E-state index in [0.717, 1.165) is 60.3 Å². The molecule has 34 heavy (non-hydrogen) atoms. The summed E-state index contributed by atoms with van der Waals surface area (Å²) in [5, 5.41) is 3.06. The maximum atomic E-state index is 13.2. The molecule has 0 saturated carbocycles. The van der Waals surface area contributed by atoms with Gasteiger partial charge in [0.2, 0.25) is 11.8 Å². The maximum absolute atomic E-state index is 13.2. The van der Waals surface area contributed by atoms with Gasteiger partial charge in [0.15, 0.2) is 0 Å². The summed E-state index contributed by atoms with van der Waals surface area (Å²) in [7, 11) is 0. The van der Waals surface area contributed by atoms with Crippen molar-refractivity contribution in [1.29, 1.82) is 0 Å². The Kier molecular flexibility index (Phi) is 6.13. The summed E-state index contributed by atoms with van der Waals surface area (Å²) in [6.45, 7) is 5.90. The minimum Gasteiger partial charge on any atom is -0.342 e. The zero-order valence-electron chi connectivity index (χ0n) is 20.0. The van der Waals surface area contributed by atoms with Gasteiger partial charge in [0, 0.05) is 31.2 Å². The van der Waals surface area contributed by atoms with Crippen molar-refractivity contribution in [1.82, 2.24) is 19.8 Å². The fourth-order valence-corrected chi connectivity index (χ4v) is 5.75. The number of benzene rings is 2. The molecule has 2 aromatic carbocycles. The Morgan fingerprint density at radius 1 is 1.21 bits per heavy atom. The molecular formula is C27H33N5O2. The van der Waals surface area contributed by atoms with Crippen LogP contribution in [0.25, 0.3) is 11.0 Å². The summed E-state index contributed by atoms with van der Waals surface area (Å²) >= 11 is 0. The number of hydrogen-bond donors (Lipinski definition) is 2. The van der Waals surface area contributed by atoms with Crippen LogP contribution in [-0.4, -0.2) is 56.3 Å². The van der Waals surface area contributed by atoms with Crippen LogP contribution in [0.2, 0.25) is 0 Å². The molecule has 2 saturated heterocycles. The number of carbonyl (C=O) groups excluding carboxylic acids is 2. The van der Waals surface area contributed by atoms with Crippen LogP contribution in [0.4, 0.5) is 5.69 Å². The number of H-pyrrole nitrogens is 1. The van der Waals surface area contributed by atoms with Crippen LogP contribution < -0.4 is 5.32 Å². The molecule has 2 N–H and O–H groups in total. The number of nitrogens with zero attached hydrogens (tertiary/aromatic N) is 3. The van der Waals surface area contributed by atoms with E-state index in [-0.39, 0.29) is 23.4 Å². The first-order valence-electron chi connectivity index (χ1n) is 12.3. The molecule has 0 aliphatic carbocycles. The molecule has 2 fully saturated rings. The lowest BCUT2D eigenvalue weighted by molar-refractivity contribution is -0.140. The molecule has 7 nitrogen and oxygen atoms in total. The average molecular weight is 460 g/mol. The first-order valence-corrected chi connectivity index (χ1v) is 12.3. The number of anilines is 1. The standard InChI is InChI=1S/C27H33N5O2/c1-19-28-22-13-12-21(16-23(22)29-19)30-25(33)18-31-15-14-27(2)24(31)10-6-7-11-26(34)32(27)17-20-8-4-3-5-9-20/h3-5,8-9,12-13,16,24H,6-7,10-11,14-15,17-18H2,1-2H3,(H,28,29)(H,30,33)/t24-,27-/m0/s1. The Balaban J connectivity index is 1.31. The minimum absolute atomic E-state index is 0.0252. The van der Waals surface area contributed by atoms with Crippen LogP contribution in [0, 0.1) is 6.92 Å². The summed E-state index contributed by atoms with van der Waals surface area (Å²) in [6, 6.07) is 16.1. The first-order chi connectivity index (χ1) is 16.4. The Morgan fingerprint density at radius 2 is 2.03 bits per heavy atom. The average Bonchev–Trinajstić information content (AvgIpc) is 3.33. The maximum Gasteiger partial charge on any atom is 0.238 e. The third-order valence-electron chi connectivity index (χ3n) is 7.51. The van der Waals surface area contributed by atoms with Crippen LogP contribution in [-0.2, 0) is 16.1 Å². The van der Waals surface area contributed by atoms with Gasteiger partial charge in [0.05, 0.1) is 23.1 Å². The van der Waals surface area contributed by atoms with Gasteiger partial charge in [0.25, 0.3) is 0 Å². The van der Waals surface area contributed by atoms with Gasteiger partial charge in [-0.05, 0) is 56.9 Å². The van der Waals surface area contributed by atoms with Gasteiger partial charge in [-0.3, -0.25) is 14.5 Å². The van der Waals surface area contributed by atoms with Gasteiger partial charge in [-0.2, -0.15) is 0 Å². The Labute approximate surface area is 200 Å². The number of aromatic nitrogens is 2. The highest BCUT2D eigenvalue weighted by atomic mass is 16.2. The van der Waals surface area contributed by atoms with E-state index >= 15 is 0 Å². The van der Waals surface area contributed by atoms with Crippen LogP contribution in [0.3, 0.4) is 0 Å². The van der Waals surface area contributed by atoms with Crippen molar-refractivity contribution < 1.29 is 9.59 Å². The Morgan fingerprint density at radius 3 is 2.85 bits per heavy atom. The third kappa shape index (κ3) is 4.44. The number of amides is 2. The van der Waals surface area contributed by atoms with Crippen molar-refractivity contribution in [2.45, 2.75) is 64.1 Å². The number of rotatable bonds is 5. The largest absolute Gasteiger partial charge is 0.342 e. The molecule has 3 heterocycles. The summed E-state index contributed by atoms with van der Waals surface area (Å²) in [5.41, 5.74) is 3.45. The lowest BCUT2D eigenvalue weighted by atomic mass is 9.84. The van der Waals surface area contributed by atoms with Crippen LogP contribution >= 0.6 is 0 Å². The van der Waals surface area contributed by atoms with Crippen molar-refractivity contribution in [2.24, 2.45) is 0 Å². The predicted octanol–water partition coefficient (Wildman–Crippen LogP) is 4.25. The van der Waals surface area contributed by atoms with Crippen molar-refractivity contribution in [3.05, 3.63) is 59.9 Å². The van der Waals surface area contributed by atoms with Crippen molar-refractivity contribution in [2.75, 3.05) is 18.4 Å². The number of nitrogens with one attached hydrogen (secondary N) is 2. The van der Waals surface area contributed by atoms with E-state index in [4.69, 9.17) is 0 Å². The second-order valence-electron chi connectivity index (χ2n) is 9.91. The van der Waals surface area contributed by atoms with Gasteiger partial charge >= 0.3 is 0 Å². The van der Waals surface area contributed by atoms with Crippen LogP contribution in [0.5, 0.6) is 0 Å². The normalized spacial score (nSPS) is 23.5. The van der Waals surface area contributed by atoms with E-state index in [0.29, 0.717) is 19.5 Å². The van der Waals surface area contributed by atoms with Gasteiger partial charge in [-0.15, -0.1) is 0 Å². The highest BCUT2D eigenvalue weighted by Gasteiger charge is 2.49. The molecule has 0 unspecified atom stereocenters. The Bertz CT molecular complexity index is 1190. The molecule has 178 valence electrons. The number of hydrogen-bond acceptors (Lipinski definition) is 4. The second kappa shape index (κ2) is 9.22. The highest BCUT2D eigenvalue weighted by molar-refractivity contribution is 5.94. The van der Waals surface area contributed by atoms with Crippen molar-refractivity contribution in [3.63, 3.8) is 0 Å². The van der Waals surface area contributed by atoms with Gasteiger partial charge in [-0.25, -0.2) is 4.98 Å². The molecule has 1 aromatic heterocycles. The molecule has 0 radical (unpaired) electrons.